The number of nitrogens with zero attached hydrogens (tertiary/aromatic N) is 4. The second-order valence-corrected chi connectivity index (χ2v) is 8.06. The lowest BCUT2D eigenvalue weighted by molar-refractivity contribution is 0.0921. The van der Waals surface area contributed by atoms with Crippen LogP contribution in [0.5, 0.6) is 0 Å². The Morgan fingerprint density at radius 2 is 1.94 bits per heavy atom. The lowest BCUT2D eigenvalue weighted by Gasteiger charge is -2.23. The maximum absolute atomic E-state index is 14.1. The van der Waals surface area contributed by atoms with Gasteiger partial charge in [0.05, 0.1) is 17.9 Å². The fourth-order valence-electron chi connectivity index (χ4n) is 3.83. The van der Waals surface area contributed by atoms with Crippen LogP contribution in [0.1, 0.15) is 47.5 Å². The molecule has 0 spiro atoms. The zero-order valence-electron chi connectivity index (χ0n) is 17.5. The molecular formula is C22H25F2N5O2. The predicted octanol–water partition coefficient (Wildman–Crippen LogP) is 3.33. The van der Waals surface area contributed by atoms with Crippen molar-refractivity contribution < 1.29 is 18.0 Å². The minimum absolute atomic E-state index is 0.0767. The van der Waals surface area contributed by atoms with Crippen molar-refractivity contribution in [3.8, 4) is 0 Å². The Bertz CT molecular complexity index is 1030. The molecule has 0 saturated carbocycles. The number of aromatic nitrogens is 3. The Morgan fingerprint density at radius 1 is 1.16 bits per heavy atom. The number of halogens is 2. The van der Waals surface area contributed by atoms with Crippen LogP contribution < -0.4 is 5.32 Å². The molecule has 9 heteroatoms. The molecule has 3 aromatic rings. The zero-order chi connectivity index (χ0) is 22.0. The largest absolute Gasteiger partial charge is 0.472 e. The number of furan rings is 1. The summed E-state index contributed by atoms with van der Waals surface area (Å²) in [5.41, 5.74) is 0.521. The van der Waals surface area contributed by atoms with Gasteiger partial charge in [-0.15, -0.1) is 10.2 Å². The molecule has 164 valence electrons. The highest BCUT2D eigenvalue weighted by molar-refractivity contribution is 5.94. The summed E-state index contributed by atoms with van der Waals surface area (Å²) in [4.78, 5) is 14.6. The Morgan fingerprint density at radius 3 is 2.61 bits per heavy atom. The van der Waals surface area contributed by atoms with Gasteiger partial charge in [-0.25, -0.2) is 8.78 Å². The molecule has 1 N–H and O–H groups in total. The van der Waals surface area contributed by atoms with Crippen molar-refractivity contribution in [1.29, 1.82) is 0 Å². The predicted molar refractivity (Wildman–Crippen MR) is 109 cm³/mol. The number of fused-ring (bicyclic) bond motifs is 1. The van der Waals surface area contributed by atoms with Crippen LogP contribution in [-0.4, -0.2) is 38.7 Å². The smallest absolute Gasteiger partial charge is 0.255 e. The van der Waals surface area contributed by atoms with Crippen molar-refractivity contribution in [3.63, 3.8) is 0 Å². The zero-order valence-corrected chi connectivity index (χ0v) is 17.5. The highest BCUT2D eigenvalue weighted by Gasteiger charge is 2.28. The van der Waals surface area contributed by atoms with Crippen LogP contribution >= 0.6 is 0 Å². The molecular weight excluding hydrogens is 404 g/mol. The summed E-state index contributed by atoms with van der Waals surface area (Å²) in [7, 11) is 0. The van der Waals surface area contributed by atoms with Crippen LogP contribution in [0.2, 0.25) is 0 Å². The van der Waals surface area contributed by atoms with E-state index < -0.39 is 11.6 Å². The summed E-state index contributed by atoms with van der Waals surface area (Å²) in [5, 5.41) is 11.7. The van der Waals surface area contributed by atoms with Crippen LogP contribution in [0.3, 0.4) is 0 Å². The minimum atomic E-state index is -0.536. The standard InChI is InChI=1S/C22H25F2N5O2/c1-14(2)20(25-22(30)15-7-11-31-13-15)21-27-26-19-6-8-28(9-10-29(19)21)12-16-17(23)4-3-5-18(16)24/h3-5,7,11,13-14,20H,6,8-10,12H2,1-2H3,(H,25,30). The third-order valence-corrected chi connectivity index (χ3v) is 5.61. The third kappa shape index (κ3) is 4.51. The molecule has 0 bridgehead atoms. The number of rotatable bonds is 6. The molecule has 2 aromatic heterocycles. The van der Waals surface area contributed by atoms with Gasteiger partial charge in [-0.3, -0.25) is 9.69 Å². The number of benzene rings is 1. The van der Waals surface area contributed by atoms with E-state index in [9.17, 15) is 13.6 Å². The molecule has 0 saturated heterocycles. The normalized spacial score (nSPS) is 15.5. The van der Waals surface area contributed by atoms with Gasteiger partial charge in [0.25, 0.3) is 5.91 Å². The van der Waals surface area contributed by atoms with Crippen molar-refractivity contribution in [1.82, 2.24) is 25.0 Å². The maximum Gasteiger partial charge on any atom is 0.255 e. The second-order valence-electron chi connectivity index (χ2n) is 8.06. The first-order valence-corrected chi connectivity index (χ1v) is 10.3. The van der Waals surface area contributed by atoms with Crippen LogP contribution in [0.15, 0.2) is 41.2 Å². The number of amides is 1. The van der Waals surface area contributed by atoms with E-state index in [2.05, 4.69) is 15.5 Å². The van der Waals surface area contributed by atoms with Crippen molar-refractivity contribution in [2.24, 2.45) is 5.92 Å². The van der Waals surface area contributed by atoms with Crippen molar-refractivity contribution >= 4 is 5.91 Å². The first-order chi connectivity index (χ1) is 14.9. The molecule has 1 atom stereocenters. The molecule has 31 heavy (non-hydrogen) atoms. The molecule has 1 amide bonds. The topological polar surface area (TPSA) is 76.2 Å². The van der Waals surface area contributed by atoms with E-state index in [1.54, 1.807) is 6.07 Å². The summed E-state index contributed by atoms with van der Waals surface area (Å²) in [6.45, 7) is 5.97. The molecule has 1 aliphatic heterocycles. The average Bonchev–Trinajstić information content (AvgIpc) is 3.36. The van der Waals surface area contributed by atoms with Crippen molar-refractivity contribution in [3.05, 3.63) is 71.2 Å². The number of carbonyl (C=O) groups is 1. The van der Waals surface area contributed by atoms with Gasteiger partial charge < -0.3 is 14.3 Å². The molecule has 0 fully saturated rings. The Labute approximate surface area is 179 Å². The van der Waals surface area contributed by atoms with Crippen LogP contribution in [0, 0.1) is 17.6 Å². The van der Waals surface area contributed by atoms with Gasteiger partial charge >= 0.3 is 0 Å². The number of hydrogen-bond acceptors (Lipinski definition) is 5. The first kappa shape index (κ1) is 21.2. The van der Waals surface area contributed by atoms with E-state index in [4.69, 9.17) is 4.42 Å². The summed E-state index contributed by atoms with van der Waals surface area (Å²) < 4.78 is 35.1. The van der Waals surface area contributed by atoms with Gasteiger partial charge in [-0.1, -0.05) is 19.9 Å². The number of hydrogen-bond donors (Lipinski definition) is 1. The minimum Gasteiger partial charge on any atom is -0.472 e. The fourth-order valence-corrected chi connectivity index (χ4v) is 3.83. The lowest BCUT2D eigenvalue weighted by Crippen LogP contribution is -2.34. The second kappa shape index (κ2) is 8.97. The molecule has 1 unspecified atom stereocenters. The monoisotopic (exact) mass is 429 g/mol. The van der Waals surface area contributed by atoms with Crippen molar-refractivity contribution in [2.75, 3.05) is 13.1 Å². The Hall–Kier alpha value is -3.07. The van der Waals surface area contributed by atoms with E-state index in [-0.39, 0.29) is 30.0 Å². The van der Waals surface area contributed by atoms with Gasteiger partial charge in [0, 0.05) is 38.2 Å². The molecule has 1 aromatic carbocycles. The maximum atomic E-state index is 14.1. The number of carbonyl (C=O) groups excluding carboxylic acids is 1. The first-order valence-electron chi connectivity index (χ1n) is 10.3. The summed E-state index contributed by atoms with van der Waals surface area (Å²) in [6, 6.07) is 5.20. The molecule has 7 nitrogen and oxygen atoms in total. The Kier molecular flexibility index (Phi) is 6.13. The van der Waals surface area contributed by atoms with Gasteiger partial charge in [0.2, 0.25) is 0 Å². The summed E-state index contributed by atoms with van der Waals surface area (Å²) in [5.74, 6) is 0.249. The van der Waals surface area contributed by atoms with Crippen LogP contribution in [0.4, 0.5) is 8.78 Å². The van der Waals surface area contributed by atoms with E-state index in [0.29, 0.717) is 37.4 Å². The summed E-state index contributed by atoms with van der Waals surface area (Å²) >= 11 is 0. The molecule has 1 aliphatic rings. The van der Waals surface area contributed by atoms with Gasteiger partial charge in [-0.05, 0) is 24.1 Å². The highest BCUT2D eigenvalue weighted by atomic mass is 19.1. The van der Waals surface area contributed by atoms with E-state index in [0.717, 1.165) is 5.82 Å². The van der Waals surface area contributed by atoms with Crippen LogP contribution in [-0.2, 0) is 19.5 Å². The lowest BCUT2D eigenvalue weighted by atomic mass is 10.0. The Balaban J connectivity index is 1.50. The van der Waals surface area contributed by atoms with Gasteiger partial charge in [0.15, 0.2) is 5.82 Å². The van der Waals surface area contributed by atoms with E-state index in [1.165, 1.54) is 30.7 Å². The van der Waals surface area contributed by atoms with Gasteiger partial charge in [0.1, 0.15) is 23.7 Å². The van der Waals surface area contributed by atoms with E-state index >= 15 is 0 Å². The SMILES string of the molecule is CC(C)C(NC(=O)c1ccoc1)c1nnc2n1CCN(Cc1c(F)cccc1F)CC2. The highest BCUT2D eigenvalue weighted by Crippen LogP contribution is 2.24. The van der Waals surface area contributed by atoms with Crippen LogP contribution in [0.25, 0.3) is 0 Å². The van der Waals surface area contributed by atoms with E-state index in [1.807, 2.05) is 23.3 Å². The molecule has 3 heterocycles. The van der Waals surface area contributed by atoms with Gasteiger partial charge in [-0.2, -0.15) is 0 Å². The summed E-state index contributed by atoms with van der Waals surface area (Å²) in [6.07, 6.45) is 3.45. The quantitative estimate of drug-likeness (QED) is 0.651. The fraction of sp³-hybridized carbons (Fsp3) is 0.409. The average molecular weight is 429 g/mol. The van der Waals surface area contributed by atoms with Crippen molar-refractivity contribution in [2.45, 2.75) is 39.4 Å². The third-order valence-electron chi connectivity index (χ3n) is 5.61. The molecule has 0 radical (unpaired) electrons. The molecule has 4 rings (SSSR count). The number of nitrogens with one attached hydrogen (secondary N) is 1. The molecule has 0 aliphatic carbocycles.